The first-order valence-electron chi connectivity index (χ1n) is 7.10. The summed E-state index contributed by atoms with van der Waals surface area (Å²) in [5, 5.41) is 10.0. The third-order valence-electron chi connectivity index (χ3n) is 3.26. The summed E-state index contributed by atoms with van der Waals surface area (Å²) in [6.45, 7) is 4.17. The maximum atomic E-state index is 10.0. The molecule has 0 amide bonds. The number of aliphatic hydroxyl groups is 1. The molecule has 1 aliphatic heterocycles. The lowest BCUT2D eigenvalue weighted by Gasteiger charge is -2.27. The fourth-order valence-corrected chi connectivity index (χ4v) is 2.13. The van der Waals surface area contributed by atoms with Crippen molar-refractivity contribution < 1.29 is 14.6 Å². The highest BCUT2D eigenvalue weighted by atomic mass is 35.5. The minimum atomic E-state index is -0.472. The zero-order valence-corrected chi connectivity index (χ0v) is 13.3. The zero-order chi connectivity index (χ0) is 14.9. The van der Waals surface area contributed by atoms with Gasteiger partial charge in [0.15, 0.2) is 0 Å². The van der Waals surface area contributed by atoms with Gasteiger partial charge in [-0.1, -0.05) is 30.2 Å². The fourth-order valence-electron chi connectivity index (χ4n) is 2.13. The molecule has 1 heterocycles. The van der Waals surface area contributed by atoms with Gasteiger partial charge in [0, 0.05) is 19.6 Å². The molecule has 5 heteroatoms. The highest BCUT2D eigenvalue weighted by Crippen LogP contribution is 2.13. The molecule has 0 spiro atoms. The monoisotopic (exact) mass is 323 g/mol. The maximum absolute atomic E-state index is 10.0. The molecule has 1 aliphatic rings. The molecule has 0 saturated carbocycles. The number of benzene rings is 1. The molecule has 1 aromatic carbocycles. The van der Waals surface area contributed by atoms with Gasteiger partial charge >= 0.3 is 0 Å². The molecule has 1 N–H and O–H groups in total. The summed E-state index contributed by atoms with van der Waals surface area (Å²) in [5.41, 5.74) is 1.02. The standard InChI is InChI=1S/C17H21NO3.ClH/c1-2-11-21-17-7-4-15(5-8-17)3-6-16(19)14-18-9-12-20-13-10-18;/h1,3-8,16,19H,9-14H2;1H. The largest absolute Gasteiger partial charge is 0.481 e. The van der Waals surface area contributed by atoms with Gasteiger partial charge in [-0.2, -0.15) is 0 Å². The molecule has 0 bridgehead atoms. The van der Waals surface area contributed by atoms with Gasteiger partial charge in [0.05, 0.1) is 19.3 Å². The van der Waals surface area contributed by atoms with Crippen LogP contribution in [0.5, 0.6) is 5.75 Å². The number of aliphatic hydroxyl groups excluding tert-OH is 1. The van der Waals surface area contributed by atoms with Crippen molar-refractivity contribution in [2.75, 3.05) is 39.5 Å². The number of rotatable bonds is 6. The van der Waals surface area contributed by atoms with E-state index in [1.165, 1.54) is 0 Å². The Morgan fingerprint density at radius 2 is 2.00 bits per heavy atom. The lowest BCUT2D eigenvalue weighted by atomic mass is 10.1. The second-order valence-corrected chi connectivity index (χ2v) is 4.90. The van der Waals surface area contributed by atoms with Crippen LogP contribution in [0.4, 0.5) is 0 Å². The minimum absolute atomic E-state index is 0. The van der Waals surface area contributed by atoms with Crippen molar-refractivity contribution >= 4 is 18.5 Å². The second-order valence-electron chi connectivity index (χ2n) is 4.90. The third kappa shape index (κ3) is 6.50. The molecule has 1 aromatic rings. The third-order valence-corrected chi connectivity index (χ3v) is 3.26. The van der Waals surface area contributed by atoms with Gasteiger partial charge in [-0.15, -0.1) is 18.8 Å². The van der Waals surface area contributed by atoms with Crippen molar-refractivity contribution in [2.24, 2.45) is 0 Å². The Labute approximate surface area is 138 Å². The maximum Gasteiger partial charge on any atom is 0.148 e. The smallest absolute Gasteiger partial charge is 0.148 e. The SMILES string of the molecule is C#CCOc1ccc(C=CC(O)CN2CCOCC2)cc1.Cl. The molecule has 4 nitrogen and oxygen atoms in total. The first-order chi connectivity index (χ1) is 10.3. The van der Waals surface area contributed by atoms with Crippen LogP contribution in [0.1, 0.15) is 5.56 Å². The van der Waals surface area contributed by atoms with Crippen LogP contribution in [0.3, 0.4) is 0 Å². The number of terminal acetylenes is 1. The van der Waals surface area contributed by atoms with Gasteiger partial charge in [0.2, 0.25) is 0 Å². The summed E-state index contributed by atoms with van der Waals surface area (Å²) in [5.74, 6) is 3.18. The number of ether oxygens (including phenoxy) is 2. The first-order valence-corrected chi connectivity index (χ1v) is 7.10. The van der Waals surface area contributed by atoms with E-state index >= 15 is 0 Å². The van der Waals surface area contributed by atoms with Crippen LogP contribution in [0.2, 0.25) is 0 Å². The number of hydrogen-bond donors (Lipinski definition) is 1. The molecule has 0 aromatic heterocycles. The molecule has 1 fully saturated rings. The number of β-amino-alcohol motifs (C(OH)–C–C–N with tert-alkyl or cyclic N) is 1. The lowest BCUT2D eigenvalue weighted by molar-refractivity contribution is 0.0223. The summed E-state index contributed by atoms with van der Waals surface area (Å²) < 4.78 is 10.6. The van der Waals surface area contributed by atoms with Crippen LogP contribution >= 0.6 is 12.4 Å². The van der Waals surface area contributed by atoms with E-state index in [1.54, 1.807) is 0 Å². The van der Waals surface area contributed by atoms with E-state index in [1.807, 2.05) is 36.4 Å². The fraction of sp³-hybridized carbons (Fsp3) is 0.412. The van der Waals surface area contributed by atoms with Crippen LogP contribution in [0.25, 0.3) is 6.08 Å². The van der Waals surface area contributed by atoms with E-state index in [0.29, 0.717) is 6.54 Å². The first kappa shape index (κ1) is 18.5. The number of hydrogen-bond acceptors (Lipinski definition) is 4. The normalized spacial score (nSPS) is 16.7. The van der Waals surface area contributed by atoms with Crippen LogP contribution < -0.4 is 4.74 Å². The van der Waals surface area contributed by atoms with Crippen molar-refractivity contribution in [1.29, 1.82) is 0 Å². The van der Waals surface area contributed by atoms with Gasteiger partial charge < -0.3 is 14.6 Å². The number of halogens is 1. The van der Waals surface area contributed by atoms with E-state index in [2.05, 4.69) is 10.8 Å². The summed E-state index contributed by atoms with van der Waals surface area (Å²) in [7, 11) is 0. The molecule has 1 atom stereocenters. The van der Waals surface area contributed by atoms with Crippen molar-refractivity contribution in [1.82, 2.24) is 4.90 Å². The molecular formula is C17H22ClNO3. The molecule has 22 heavy (non-hydrogen) atoms. The average Bonchev–Trinajstić information content (AvgIpc) is 2.53. The average molecular weight is 324 g/mol. The summed E-state index contributed by atoms with van der Waals surface area (Å²) in [6.07, 6.45) is 8.39. The van der Waals surface area contributed by atoms with Crippen molar-refractivity contribution in [3.05, 3.63) is 35.9 Å². The zero-order valence-electron chi connectivity index (χ0n) is 12.5. The van der Waals surface area contributed by atoms with E-state index in [0.717, 1.165) is 37.6 Å². The molecule has 1 saturated heterocycles. The van der Waals surface area contributed by atoms with Gasteiger partial charge in [0.25, 0.3) is 0 Å². The van der Waals surface area contributed by atoms with Gasteiger partial charge in [-0.3, -0.25) is 4.90 Å². The van der Waals surface area contributed by atoms with E-state index < -0.39 is 6.10 Å². The summed E-state index contributed by atoms with van der Waals surface area (Å²) >= 11 is 0. The Kier molecular flexibility index (Phi) is 8.64. The van der Waals surface area contributed by atoms with Crippen molar-refractivity contribution in [2.45, 2.75) is 6.10 Å². The molecule has 1 unspecified atom stereocenters. The lowest BCUT2D eigenvalue weighted by Crippen LogP contribution is -2.40. The molecule has 0 aliphatic carbocycles. The van der Waals surface area contributed by atoms with E-state index in [9.17, 15) is 5.11 Å². The topological polar surface area (TPSA) is 41.9 Å². The highest BCUT2D eigenvalue weighted by Gasteiger charge is 2.12. The van der Waals surface area contributed by atoms with Crippen molar-refractivity contribution in [3.8, 4) is 18.1 Å². The summed E-state index contributed by atoms with van der Waals surface area (Å²) in [4.78, 5) is 2.20. The Bertz CT molecular complexity index is 490. The molecular weight excluding hydrogens is 302 g/mol. The van der Waals surface area contributed by atoms with Gasteiger partial charge in [0.1, 0.15) is 12.4 Å². The Morgan fingerprint density at radius 1 is 1.32 bits per heavy atom. The molecule has 2 rings (SSSR count). The van der Waals surface area contributed by atoms with E-state index in [-0.39, 0.29) is 19.0 Å². The highest BCUT2D eigenvalue weighted by molar-refractivity contribution is 5.85. The number of morpholine rings is 1. The quantitative estimate of drug-likeness (QED) is 0.811. The van der Waals surface area contributed by atoms with Crippen LogP contribution in [0, 0.1) is 12.3 Å². The van der Waals surface area contributed by atoms with Crippen LogP contribution in [-0.2, 0) is 4.74 Å². The van der Waals surface area contributed by atoms with Crippen LogP contribution in [0.15, 0.2) is 30.3 Å². The molecule has 0 radical (unpaired) electrons. The van der Waals surface area contributed by atoms with Crippen molar-refractivity contribution in [3.63, 3.8) is 0 Å². The predicted molar refractivity (Wildman–Crippen MR) is 90.3 cm³/mol. The Hall–Kier alpha value is -1.51. The van der Waals surface area contributed by atoms with Gasteiger partial charge in [-0.25, -0.2) is 0 Å². The Morgan fingerprint density at radius 3 is 2.64 bits per heavy atom. The second kappa shape index (κ2) is 10.3. The van der Waals surface area contributed by atoms with E-state index in [4.69, 9.17) is 15.9 Å². The number of nitrogens with zero attached hydrogens (tertiary/aromatic N) is 1. The van der Waals surface area contributed by atoms with Gasteiger partial charge in [-0.05, 0) is 17.7 Å². The summed E-state index contributed by atoms with van der Waals surface area (Å²) in [6, 6.07) is 7.60. The predicted octanol–water partition coefficient (Wildman–Crippen LogP) is 1.83. The Balaban J connectivity index is 0.00000242. The minimum Gasteiger partial charge on any atom is -0.481 e. The van der Waals surface area contributed by atoms with Crippen LogP contribution in [-0.4, -0.2) is 55.6 Å². The molecule has 120 valence electrons.